The van der Waals surface area contributed by atoms with Crippen molar-refractivity contribution in [3.05, 3.63) is 30.0 Å². The molecule has 1 N–H and O–H groups in total. The van der Waals surface area contributed by atoms with Crippen LogP contribution >= 0.6 is 11.6 Å². The number of hydrogen-bond donors (Lipinski definition) is 1. The summed E-state index contributed by atoms with van der Waals surface area (Å²) in [5, 5.41) is 9.84. The van der Waals surface area contributed by atoms with Crippen LogP contribution in [0.25, 0.3) is 10.9 Å². The van der Waals surface area contributed by atoms with E-state index in [2.05, 4.69) is 46.3 Å². The van der Waals surface area contributed by atoms with E-state index in [0.717, 1.165) is 31.6 Å². The molecule has 0 unspecified atom stereocenters. The van der Waals surface area contributed by atoms with Gasteiger partial charge in [0.05, 0.1) is 11.2 Å². The SMILES string of the molecule is CCn1nc(CNC2CC(Cl)C2)c2ccccc21. The second kappa shape index (κ2) is 4.90. The zero-order chi connectivity index (χ0) is 12.5. The Labute approximate surface area is 112 Å². The summed E-state index contributed by atoms with van der Waals surface area (Å²) in [4.78, 5) is 0. The van der Waals surface area contributed by atoms with Crippen molar-refractivity contribution in [2.75, 3.05) is 0 Å². The van der Waals surface area contributed by atoms with Crippen molar-refractivity contribution in [3.8, 4) is 0 Å². The number of nitrogens with one attached hydrogen (secondary N) is 1. The van der Waals surface area contributed by atoms with Gasteiger partial charge in [0.25, 0.3) is 0 Å². The first kappa shape index (κ1) is 12.0. The number of halogens is 1. The molecule has 3 nitrogen and oxygen atoms in total. The minimum atomic E-state index is 0.368. The molecule has 0 radical (unpaired) electrons. The summed E-state index contributed by atoms with van der Waals surface area (Å²) >= 11 is 5.99. The van der Waals surface area contributed by atoms with E-state index >= 15 is 0 Å². The van der Waals surface area contributed by atoms with Gasteiger partial charge >= 0.3 is 0 Å². The predicted octanol–water partition coefficient (Wildman–Crippen LogP) is 2.92. The van der Waals surface area contributed by atoms with Crippen LogP contribution in [0.5, 0.6) is 0 Å². The lowest BCUT2D eigenvalue weighted by molar-refractivity contribution is 0.343. The van der Waals surface area contributed by atoms with E-state index in [1.165, 1.54) is 10.9 Å². The molecular formula is C14H18ClN3. The fraction of sp³-hybridized carbons (Fsp3) is 0.500. The first-order valence-corrected chi connectivity index (χ1v) is 7.03. The molecule has 4 heteroatoms. The van der Waals surface area contributed by atoms with Crippen LogP contribution in [0.15, 0.2) is 24.3 Å². The van der Waals surface area contributed by atoms with E-state index in [1.54, 1.807) is 0 Å². The smallest absolute Gasteiger partial charge is 0.0841 e. The van der Waals surface area contributed by atoms with Crippen molar-refractivity contribution in [2.45, 2.75) is 44.3 Å². The third kappa shape index (κ3) is 2.13. The van der Waals surface area contributed by atoms with Crippen LogP contribution in [0, 0.1) is 0 Å². The van der Waals surface area contributed by atoms with Gasteiger partial charge in [0, 0.05) is 29.9 Å². The first-order chi connectivity index (χ1) is 8.78. The van der Waals surface area contributed by atoms with Gasteiger partial charge in [-0.25, -0.2) is 0 Å². The first-order valence-electron chi connectivity index (χ1n) is 6.59. The third-order valence-corrected chi connectivity index (χ3v) is 4.03. The molecule has 1 fully saturated rings. The fourth-order valence-electron chi connectivity index (χ4n) is 2.52. The number of rotatable bonds is 4. The maximum Gasteiger partial charge on any atom is 0.0841 e. The van der Waals surface area contributed by atoms with Crippen LogP contribution in [0.3, 0.4) is 0 Å². The molecule has 3 rings (SSSR count). The van der Waals surface area contributed by atoms with Crippen molar-refractivity contribution in [3.63, 3.8) is 0 Å². The molecule has 0 aliphatic heterocycles. The molecule has 1 heterocycles. The Hall–Kier alpha value is -1.06. The Morgan fingerprint density at radius 1 is 1.39 bits per heavy atom. The maximum atomic E-state index is 5.99. The molecule has 1 aliphatic rings. The van der Waals surface area contributed by atoms with Gasteiger partial charge in [-0.3, -0.25) is 4.68 Å². The predicted molar refractivity (Wildman–Crippen MR) is 74.9 cm³/mol. The third-order valence-electron chi connectivity index (χ3n) is 3.67. The standard InChI is InChI=1S/C14H18ClN3/c1-2-18-14-6-4-3-5-12(14)13(17-18)9-16-11-7-10(15)8-11/h3-6,10-11,16H,2,7-9H2,1H3. The number of aromatic nitrogens is 2. The van der Waals surface area contributed by atoms with Crippen LogP contribution in [0.2, 0.25) is 0 Å². The van der Waals surface area contributed by atoms with E-state index in [1.807, 2.05) is 0 Å². The molecule has 0 saturated heterocycles. The summed E-state index contributed by atoms with van der Waals surface area (Å²) in [6.45, 7) is 3.87. The molecular weight excluding hydrogens is 246 g/mol. The minimum Gasteiger partial charge on any atom is -0.308 e. The summed E-state index contributed by atoms with van der Waals surface area (Å²) in [5.74, 6) is 0. The summed E-state index contributed by atoms with van der Waals surface area (Å²) in [7, 11) is 0. The van der Waals surface area contributed by atoms with Crippen molar-refractivity contribution in [1.29, 1.82) is 0 Å². The van der Waals surface area contributed by atoms with Crippen LogP contribution in [-0.2, 0) is 13.1 Å². The number of para-hydroxylation sites is 1. The highest BCUT2D eigenvalue weighted by molar-refractivity contribution is 6.21. The quantitative estimate of drug-likeness (QED) is 0.860. The molecule has 1 saturated carbocycles. The second-order valence-electron chi connectivity index (χ2n) is 4.93. The van der Waals surface area contributed by atoms with Crippen molar-refractivity contribution < 1.29 is 0 Å². The van der Waals surface area contributed by atoms with Gasteiger partial charge in [-0.1, -0.05) is 18.2 Å². The van der Waals surface area contributed by atoms with Crippen molar-refractivity contribution in [1.82, 2.24) is 15.1 Å². The molecule has 0 atom stereocenters. The topological polar surface area (TPSA) is 29.9 Å². The van der Waals surface area contributed by atoms with Gasteiger partial charge in [-0.15, -0.1) is 11.6 Å². The molecule has 0 spiro atoms. The van der Waals surface area contributed by atoms with Gasteiger partial charge in [0.2, 0.25) is 0 Å². The highest BCUT2D eigenvalue weighted by Gasteiger charge is 2.26. The molecule has 96 valence electrons. The zero-order valence-electron chi connectivity index (χ0n) is 10.6. The van der Waals surface area contributed by atoms with Crippen LogP contribution in [-0.4, -0.2) is 21.2 Å². The van der Waals surface area contributed by atoms with E-state index < -0.39 is 0 Å². The van der Waals surface area contributed by atoms with Crippen molar-refractivity contribution in [2.24, 2.45) is 0 Å². The lowest BCUT2D eigenvalue weighted by Crippen LogP contribution is -2.41. The molecule has 18 heavy (non-hydrogen) atoms. The van der Waals surface area contributed by atoms with E-state index in [-0.39, 0.29) is 0 Å². The lowest BCUT2D eigenvalue weighted by atomic mass is 9.92. The summed E-state index contributed by atoms with van der Waals surface area (Å²) in [6, 6.07) is 8.99. The van der Waals surface area contributed by atoms with E-state index in [0.29, 0.717) is 11.4 Å². The normalized spacial score (nSPS) is 23.2. The highest BCUT2D eigenvalue weighted by Crippen LogP contribution is 2.26. The largest absolute Gasteiger partial charge is 0.308 e. The molecule has 1 aliphatic carbocycles. The molecule has 1 aromatic heterocycles. The number of alkyl halides is 1. The molecule has 0 amide bonds. The van der Waals surface area contributed by atoms with Gasteiger partial charge in [0.1, 0.15) is 0 Å². The minimum absolute atomic E-state index is 0.368. The van der Waals surface area contributed by atoms with E-state index in [9.17, 15) is 0 Å². The van der Waals surface area contributed by atoms with Gasteiger partial charge in [-0.05, 0) is 25.8 Å². The number of aryl methyl sites for hydroxylation is 1. The average Bonchev–Trinajstić information content (AvgIpc) is 2.72. The van der Waals surface area contributed by atoms with Gasteiger partial charge in [-0.2, -0.15) is 5.10 Å². The monoisotopic (exact) mass is 263 g/mol. The zero-order valence-corrected chi connectivity index (χ0v) is 11.3. The fourth-order valence-corrected chi connectivity index (χ4v) is 2.95. The Morgan fingerprint density at radius 3 is 2.89 bits per heavy atom. The van der Waals surface area contributed by atoms with Gasteiger partial charge in [0.15, 0.2) is 0 Å². The number of hydrogen-bond acceptors (Lipinski definition) is 2. The number of benzene rings is 1. The highest BCUT2D eigenvalue weighted by atomic mass is 35.5. The van der Waals surface area contributed by atoms with Crippen LogP contribution in [0.1, 0.15) is 25.5 Å². The Kier molecular flexibility index (Phi) is 3.27. The molecule has 1 aromatic carbocycles. The molecule has 0 bridgehead atoms. The van der Waals surface area contributed by atoms with Crippen LogP contribution < -0.4 is 5.32 Å². The molecule has 2 aromatic rings. The Morgan fingerprint density at radius 2 is 2.17 bits per heavy atom. The average molecular weight is 264 g/mol. The lowest BCUT2D eigenvalue weighted by Gasteiger charge is -2.31. The number of nitrogens with zero attached hydrogens (tertiary/aromatic N) is 2. The van der Waals surface area contributed by atoms with Crippen molar-refractivity contribution >= 4 is 22.5 Å². The van der Waals surface area contributed by atoms with E-state index in [4.69, 9.17) is 11.6 Å². The second-order valence-corrected chi connectivity index (χ2v) is 5.54. The Bertz CT molecular complexity index is 543. The summed E-state index contributed by atoms with van der Waals surface area (Å²) < 4.78 is 2.07. The maximum absolute atomic E-state index is 5.99. The van der Waals surface area contributed by atoms with Gasteiger partial charge < -0.3 is 5.32 Å². The van der Waals surface area contributed by atoms with Crippen LogP contribution in [0.4, 0.5) is 0 Å². The summed E-state index contributed by atoms with van der Waals surface area (Å²) in [6.07, 6.45) is 2.15. The number of fused-ring (bicyclic) bond motifs is 1. The Balaban J connectivity index is 1.79. The summed E-state index contributed by atoms with van der Waals surface area (Å²) in [5.41, 5.74) is 2.37.